The fourth-order valence-electron chi connectivity index (χ4n) is 2.47. The normalized spacial score (nSPS) is 32.1. The molecular formula is C10H15FN5O13P3. The first-order valence-electron chi connectivity index (χ1n) is 7.82. The van der Waals surface area contributed by atoms with Gasteiger partial charge in [0.15, 0.2) is 12.4 Å². The first-order chi connectivity index (χ1) is 14.5. The molecule has 1 fully saturated rings. The second-order valence-corrected chi connectivity index (χ2v) is 10.4. The molecule has 2 aliphatic heterocycles. The molecule has 22 heteroatoms. The SMILES string of the molecule is C=C1NC(=O)C=CN1[C@@H]1O[C@@](COP(=O)(O)OP(=O)(O)OP(=O)(O)O)(N=[N+]=[N-])[C@@H](O)[C@H]1F. The van der Waals surface area contributed by atoms with Gasteiger partial charge in [-0.1, -0.05) is 11.7 Å². The van der Waals surface area contributed by atoms with Crippen molar-refractivity contribution in [2.75, 3.05) is 6.61 Å². The number of phosphoric ester groups is 1. The lowest BCUT2D eigenvalue weighted by Gasteiger charge is -2.33. The highest BCUT2D eigenvalue weighted by atomic mass is 31.3. The van der Waals surface area contributed by atoms with Gasteiger partial charge in [0.1, 0.15) is 11.9 Å². The molecule has 0 saturated carbocycles. The van der Waals surface area contributed by atoms with Gasteiger partial charge in [0.2, 0.25) is 5.72 Å². The van der Waals surface area contributed by atoms with Crippen LogP contribution in [0.4, 0.5) is 4.39 Å². The molecule has 0 aromatic carbocycles. The van der Waals surface area contributed by atoms with E-state index in [1.807, 2.05) is 0 Å². The number of alkyl halides is 1. The molecule has 0 aliphatic carbocycles. The summed E-state index contributed by atoms with van der Waals surface area (Å²) >= 11 is 0. The zero-order valence-electron chi connectivity index (χ0n) is 15.3. The lowest BCUT2D eigenvalue weighted by Crippen LogP contribution is -2.45. The third kappa shape index (κ3) is 6.43. The molecule has 0 radical (unpaired) electrons. The highest BCUT2D eigenvalue weighted by molar-refractivity contribution is 7.66. The van der Waals surface area contributed by atoms with Gasteiger partial charge in [-0.15, -0.1) is 0 Å². The number of halogens is 1. The average Bonchev–Trinajstić information content (AvgIpc) is 2.83. The number of hydrogen-bond donors (Lipinski definition) is 6. The molecule has 18 nitrogen and oxygen atoms in total. The zero-order chi connectivity index (χ0) is 24.5. The van der Waals surface area contributed by atoms with Crippen molar-refractivity contribution in [3.63, 3.8) is 0 Å². The molecule has 0 bridgehead atoms. The Labute approximate surface area is 176 Å². The Morgan fingerprint density at radius 2 is 1.94 bits per heavy atom. The Kier molecular flexibility index (Phi) is 7.71. The summed E-state index contributed by atoms with van der Waals surface area (Å²) in [6.07, 6.45) is -4.59. The molecule has 180 valence electrons. The molecule has 6 atom stereocenters. The van der Waals surface area contributed by atoms with Crippen molar-refractivity contribution in [3.05, 3.63) is 35.1 Å². The van der Waals surface area contributed by atoms with E-state index in [2.05, 4.69) is 35.1 Å². The predicted octanol–water partition coefficient (Wildman–Crippen LogP) is -0.192. The maximum Gasteiger partial charge on any atom is 0.490 e. The lowest BCUT2D eigenvalue weighted by molar-refractivity contribution is -0.132. The Morgan fingerprint density at radius 1 is 1.31 bits per heavy atom. The summed E-state index contributed by atoms with van der Waals surface area (Å²) in [4.78, 5) is 50.1. The van der Waals surface area contributed by atoms with Crippen molar-refractivity contribution < 1.29 is 65.4 Å². The number of aliphatic hydroxyl groups excluding tert-OH is 1. The Bertz CT molecular complexity index is 1010. The summed E-state index contributed by atoms with van der Waals surface area (Å²) in [5.74, 6) is -0.823. The quantitative estimate of drug-likeness (QED) is 0.0986. The predicted molar refractivity (Wildman–Crippen MR) is 95.7 cm³/mol. The topological polar surface area (TPSA) is 270 Å². The molecule has 32 heavy (non-hydrogen) atoms. The van der Waals surface area contributed by atoms with Crippen LogP contribution >= 0.6 is 23.5 Å². The Hall–Kier alpha value is -1.68. The molecule has 2 rings (SSSR count). The van der Waals surface area contributed by atoms with Crippen molar-refractivity contribution in [1.82, 2.24) is 10.2 Å². The minimum absolute atomic E-state index is 0.207. The van der Waals surface area contributed by atoms with Gasteiger partial charge in [-0.2, -0.15) is 8.62 Å². The minimum Gasteiger partial charge on any atom is -0.387 e. The number of rotatable bonds is 9. The molecule has 1 saturated heterocycles. The van der Waals surface area contributed by atoms with Crippen LogP contribution in [0.25, 0.3) is 10.4 Å². The van der Waals surface area contributed by atoms with Crippen LogP contribution in [0.5, 0.6) is 0 Å². The van der Waals surface area contributed by atoms with Crippen LogP contribution in [0, 0.1) is 0 Å². The van der Waals surface area contributed by atoms with Gasteiger partial charge in [-0.3, -0.25) is 9.32 Å². The van der Waals surface area contributed by atoms with E-state index in [0.29, 0.717) is 0 Å². The largest absolute Gasteiger partial charge is 0.490 e. The number of amides is 1. The summed E-state index contributed by atoms with van der Waals surface area (Å²) in [7, 11) is -17.2. The number of nitrogens with zero attached hydrogens (tertiary/aromatic N) is 4. The maximum absolute atomic E-state index is 14.7. The summed E-state index contributed by atoms with van der Waals surface area (Å²) in [6, 6.07) is 0. The van der Waals surface area contributed by atoms with E-state index in [0.717, 1.165) is 17.2 Å². The Balaban J connectivity index is 2.22. The number of ether oxygens (including phenoxy) is 1. The van der Waals surface area contributed by atoms with E-state index in [-0.39, 0.29) is 5.82 Å². The first kappa shape index (κ1) is 26.6. The van der Waals surface area contributed by atoms with Crippen molar-refractivity contribution in [1.29, 1.82) is 0 Å². The van der Waals surface area contributed by atoms with Gasteiger partial charge in [-0.25, -0.2) is 18.1 Å². The zero-order valence-corrected chi connectivity index (χ0v) is 18.0. The van der Waals surface area contributed by atoms with Gasteiger partial charge >= 0.3 is 23.5 Å². The molecule has 0 spiro atoms. The monoisotopic (exact) mass is 525 g/mol. The van der Waals surface area contributed by atoms with E-state index in [9.17, 15) is 32.9 Å². The number of azide groups is 1. The molecular weight excluding hydrogens is 510 g/mol. The van der Waals surface area contributed by atoms with E-state index < -0.39 is 60.2 Å². The maximum atomic E-state index is 14.7. The number of aliphatic hydroxyl groups is 1. The standard InChI is InChI=1S/C10H15FN5O13P3/c1-5-13-6(17)2-3-16(5)9-7(11)8(18)10(27-9,14-15-12)4-26-31(22,23)29-32(24,25)28-30(19,20)21/h2-3,7-9,18H,1,4H2,(H,13,17)(H,22,23)(H,24,25)(H2,19,20,21)/t7-,8+,9-,10-/m1/s1. The molecule has 2 unspecified atom stereocenters. The van der Waals surface area contributed by atoms with E-state index in [1.165, 1.54) is 0 Å². The van der Waals surface area contributed by atoms with Crippen LogP contribution in [0.2, 0.25) is 0 Å². The number of phosphoric acid groups is 3. The number of hydrogen-bond acceptors (Lipinski definition) is 11. The minimum atomic E-state index is -5.86. The van der Waals surface area contributed by atoms with E-state index in [1.54, 1.807) is 0 Å². The summed E-state index contributed by atoms with van der Waals surface area (Å²) < 4.78 is 65.1. The highest BCUT2D eigenvalue weighted by Crippen LogP contribution is 2.66. The third-order valence-corrected chi connectivity index (χ3v) is 7.45. The molecule has 2 heterocycles. The van der Waals surface area contributed by atoms with Gasteiger partial charge in [0, 0.05) is 17.2 Å². The van der Waals surface area contributed by atoms with E-state index in [4.69, 9.17) is 24.9 Å². The van der Waals surface area contributed by atoms with Gasteiger partial charge < -0.3 is 39.6 Å². The van der Waals surface area contributed by atoms with Crippen molar-refractivity contribution in [3.8, 4) is 0 Å². The number of carbonyl (C=O) groups is 1. The van der Waals surface area contributed by atoms with Crippen LogP contribution in [0.3, 0.4) is 0 Å². The summed E-state index contributed by atoms with van der Waals surface area (Å²) in [6.45, 7) is 1.97. The average molecular weight is 525 g/mol. The van der Waals surface area contributed by atoms with Crippen molar-refractivity contribution in [2.24, 2.45) is 5.11 Å². The molecule has 2 aliphatic rings. The van der Waals surface area contributed by atoms with Crippen LogP contribution in [-0.4, -0.2) is 66.3 Å². The van der Waals surface area contributed by atoms with Crippen LogP contribution < -0.4 is 5.32 Å². The number of nitrogens with one attached hydrogen (secondary N) is 1. The van der Waals surface area contributed by atoms with Gasteiger partial charge in [0.05, 0.1) is 6.61 Å². The fourth-order valence-corrected chi connectivity index (χ4v) is 5.51. The molecule has 0 aromatic heterocycles. The first-order valence-corrected chi connectivity index (χ1v) is 12.3. The fraction of sp³-hybridized carbons (Fsp3) is 0.500. The molecule has 0 aromatic rings. The second-order valence-electron chi connectivity index (χ2n) is 5.96. The van der Waals surface area contributed by atoms with Crippen LogP contribution in [-0.2, 0) is 36.4 Å². The van der Waals surface area contributed by atoms with Crippen LogP contribution in [0.1, 0.15) is 0 Å². The van der Waals surface area contributed by atoms with E-state index >= 15 is 0 Å². The van der Waals surface area contributed by atoms with Crippen molar-refractivity contribution in [2.45, 2.75) is 24.2 Å². The second kappa shape index (κ2) is 9.29. The van der Waals surface area contributed by atoms with Gasteiger partial charge in [-0.05, 0) is 5.53 Å². The number of carbonyl (C=O) groups excluding carboxylic acids is 1. The smallest absolute Gasteiger partial charge is 0.387 e. The molecule has 6 N–H and O–H groups in total. The lowest BCUT2D eigenvalue weighted by atomic mass is 10.1. The summed E-state index contributed by atoms with van der Waals surface area (Å²) in [5.41, 5.74) is 6.01. The Morgan fingerprint density at radius 3 is 2.47 bits per heavy atom. The van der Waals surface area contributed by atoms with Crippen LogP contribution in [0.15, 0.2) is 29.8 Å². The summed E-state index contributed by atoms with van der Waals surface area (Å²) in [5, 5.41) is 15.4. The van der Waals surface area contributed by atoms with Crippen molar-refractivity contribution >= 4 is 29.4 Å². The van der Waals surface area contributed by atoms with Gasteiger partial charge in [0.25, 0.3) is 5.91 Å². The third-order valence-electron chi connectivity index (χ3n) is 3.67. The highest BCUT2D eigenvalue weighted by Gasteiger charge is 2.58. The molecule has 1 amide bonds.